The Morgan fingerprint density at radius 3 is 2.76 bits per heavy atom. The van der Waals surface area contributed by atoms with Crippen LogP contribution in [-0.2, 0) is 9.59 Å². The van der Waals surface area contributed by atoms with Gasteiger partial charge in [0.2, 0.25) is 5.91 Å². The molecule has 1 aromatic rings. The average molecular weight is 307 g/mol. The summed E-state index contributed by atoms with van der Waals surface area (Å²) in [7, 11) is 0. The first-order valence-corrected chi connectivity index (χ1v) is 7.82. The van der Waals surface area contributed by atoms with Crippen molar-refractivity contribution in [1.82, 2.24) is 4.90 Å². The normalized spacial score (nSPS) is 25.5. The summed E-state index contributed by atoms with van der Waals surface area (Å²) in [4.78, 5) is 28.9. The summed E-state index contributed by atoms with van der Waals surface area (Å²) < 4.78 is 0. The molecular weight excluding hydrogens is 288 g/mol. The molecule has 2 aliphatic heterocycles. The Hall–Kier alpha value is -1.55. The smallest absolute Gasteiger partial charge is 0.250 e. The van der Waals surface area contributed by atoms with Crippen molar-refractivity contribution in [3.05, 3.63) is 28.8 Å². The van der Waals surface area contributed by atoms with Gasteiger partial charge in [0.25, 0.3) is 5.91 Å². The maximum absolute atomic E-state index is 12.9. The van der Waals surface area contributed by atoms with Gasteiger partial charge in [-0.2, -0.15) is 0 Å². The summed E-state index contributed by atoms with van der Waals surface area (Å²) in [6, 6.07) is 4.84. The number of hydrogen-bond donors (Lipinski definition) is 0. The van der Waals surface area contributed by atoms with Crippen LogP contribution in [0, 0.1) is 6.92 Å². The van der Waals surface area contributed by atoms with Gasteiger partial charge in [-0.3, -0.25) is 14.5 Å². The number of carbonyl (C=O) groups is 2. The highest BCUT2D eigenvalue weighted by molar-refractivity contribution is 6.34. The largest absolute Gasteiger partial charge is 0.329 e. The predicted octanol–water partition coefficient (Wildman–Crippen LogP) is 2.76. The summed E-state index contributed by atoms with van der Waals surface area (Å²) in [5.41, 5.74) is 1.69. The Labute approximate surface area is 129 Å². The first kappa shape index (κ1) is 14.4. The molecule has 2 unspecified atom stereocenters. The topological polar surface area (TPSA) is 40.6 Å². The van der Waals surface area contributed by atoms with Gasteiger partial charge < -0.3 is 4.90 Å². The first-order valence-electron chi connectivity index (χ1n) is 7.44. The summed E-state index contributed by atoms with van der Waals surface area (Å²) in [5.74, 6) is 0.0589. The summed E-state index contributed by atoms with van der Waals surface area (Å²) in [6.45, 7) is 4.59. The molecule has 0 saturated carbocycles. The number of halogens is 1. The van der Waals surface area contributed by atoms with Crippen LogP contribution in [0.1, 0.15) is 31.7 Å². The van der Waals surface area contributed by atoms with Crippen molar-refractivity contribution < 1.29 is 9.59 Å². The number of fused-ring (bicyclic) bond motifs is 1. The highest BCUT2D eigenvalue weighted by Crippen LogP contribution is 2.35. The number of amides is 2. The van der Waals surface area contributed by atoms with Crippen LogP contribution < -0.4 is 4.90 Å². The molecule has 2 saturated heterocycles. The number of nitrogens with zero attached hydrogens (tertiary/aromatic N) is 2. The van der Waals surface area contributed by atoms with E-state index in [9.17, 15) is 9.59 Å². The van der Waals surface area contributed by atoms with E-state index in [4.69, 9.17) is 11.6 Å². The molecule has 4 nitrogen and oxygen atoms in total. The van der Waals surface area contributed by atoms with Crippen molar-refractivity contribution in [2.75, 3.05) is 11.4 Å². The molecule has 21 heavy (non-hydrogen) atoms. The minimum absolute atomic E-state index is 0.00597. The van der Waals surface area contributed by atoms with Crippen LogP contribution in [0.3, 0.4) is 0 Å². The van der Waals surface area contributed by atoms with E-state index < -0.39 is 6.04 Å². The Morgan fingerprint density at radius 2 is 2.05 bits per heavy atom. The maximum Gasteiger partial charge on any atom is 0.250 e. The summed E-state index contributed by atoms with van der Waals surface area (Å²) in [6.07, 6.45) is 2.24. The first-order chi connectivity index (χ1) is 10.0. The summed E-state index contributed by atoms with van der Waals surface area (Å²) in [5, 5.41) is 0.520. The van der Waals surface area contributed by atoms with Gasteiger partial charge in [-0.05, 0) is 43.9 Å². The second-order valence-corrected chi connectivity index (χ2v) is 6.18. The highest BCUT2D eigenvalue weighted by atomic mass is 35.5. The van der Waals surface area contributed by atoms with Crippen LogP contribution in [0.2, 0.25) is 5.02 Å². The molecule has 0 aliphatic carbocycles. The Balaban J connectivity index is 2.08. The van der Waals surface area contributed by atoms with E-state index in [-0.39, 0.29) is 17.9 Å². The van der Waals surface area contributed by atoms with E-state index in [0.29, 0.717) is 23.7 Å². The lowest BCUT2D eigenvalue weighted by Crippen LogP contribution is -2.63. The minimum atomic E-state index is -0.439. The van der Waals surface area contributed by atoms with Gasteiger partial charge in [0.15, 0.2) is 0 Å². The second kappa shape index (κ2) is 5.34. The zero-order valence-corrected chi connectivity index (χ0v) is 13.1. The Morgan fingerprint density at radius 1 is 1.29 bits per heavy atom. The van der Waals surface area contributed by atoms with Gasteiger partial charge in [-0.15, -0.1) is 0 Å². The number of anilines is 1. The van der Waals surface area contributed by atoms with E-state index >= 15 is 0 Å². The van der Waals surface area contributed by atoms with E-state index in [0.717, 1.165) is 18.4 Å². The van der Waals surface area contributed by atoms with E-state index in [1.165, 1.54) is 0 Å². The van der Waals surface area contributed by atoms with Crippen molar-refractivity contribution in [1.29, 1.82) is 0 Å². The quantitative estimate of drug-likeness (QED) is 0.843. The molecule has 112 valence electrons. The van der Waals surface area contributed by atoms with Gasteiger partial charge >= 0.3 is 0 Å². The molecule has 5 heteroatoms. The molecule has 2 fully saturated rings. The number of hydrogen-bond acceptors (Lipinski definition) is 2. The standard InChI is InChI=1S/C16H19ClN2O2/c1-3-12-15(20)18-8-4-5-13(18)16(21)19(12)14-9-10(2)6-7-11(14)17/h6-7,9,12-13H,3-5,8H2,1-2H3. The molecule has 2 aliphatic rings. The molecular formula is C16H19ClN2O2. The van der Waals surface area contributed by atoms with Crippen LogP contribution in [0.4, 0.5) is 5.69 Å². The Bertz CT molecular complexity index is 602. The number of benzene rings is 1. The number of rotatable bonds is 2. The fraction of sp³-hybridized carbons (Fsp3) is 0.500. The van der Waals surface area contributed by atoms with Crippen LogP contribution in [0.5, 0.6) is 0 Å². The molecule has 0 bridgehead atoms. The van der Waals surface area contributed by atoms with Crippen LogP contribution in [-0.4, -0.2) is 35.3 Å². The fourth-order valence-electron chi connectivity index (χ4n) is 3.35. The van der Waals surface area contributed by atoms with Crippen LogP contribution in [0.25, 0.3) is 0 Å². The Kier molecular flexibility index (Phi) is 3.66. The lowest BCUT2D eigenvalue weighted by atomic mass is 10.0. The molecule has 2 atom stereocenters. The van der Waals surface area contributed by atoms with Crippen molar-refractivity contribution in [3.63, 3.8) is 0 Å². The third-order valence-corrected chi connectivity index (χ3v) is 4.72. The molecule has 2 heterocycles. The average Bonchev–Trinajstić information content (AvgIpc) is 2.95. The lowest BCUT2D eigenvalue weighted by Gasteiger charge is -2.42. The lowest BCUT2D eigenvalue weighted by molar-refractivity contribution is -0.144. The molecule has 1 aromatic carbocycles. The van der Waals surface area contributed by atoms with Gasteiger partial charge in [-0.1, -0.05) is 24.6 Å². The predicted molar refractivity (Wildman–Crippen MR) is 82.5 cm³/mol. The third-order valence-electron chi connectivity index (χ3n) is 4.40. The zero-order chi connectivity index (χ0) is 15.1. The second-order valence-electron chi connectivity index (χ2n) is 5.78. The molecule has 3 rings (SSSR count). The van der Waals surface area contributed by atoms with Gasteiger partial charge in [0.1, 0.15) is 12.1 Å². The van der Waals surface area contributed by atoms with E-state index in [2.05, 4.69) is 0 Å². The highest BCUT2D eigenvalue weighted by Gasteiger charge is 2.47. The van der Waals surface area contributed by atoms with Gasteiger partial charge in [0.05, 0.1) is 10.7 Å². The van der Waals surface area contributed by atoms with Crippen molar-refractivity contribution in [3.8, 4) is 0 Å². The zero-order valence-electron chi connectivity index (χ0n) is 12.3. The van der Waals surface area contributed by atoms with Gasteiger partial charge in [0, 0.05) is 6.54 Å². The number of aryl methyl sites for hydroxylation is 1. The van der Waals surface area contributed by atoms with Crippen molar-refractivity contribution in [2.45, 2.75) is 45.2 Å². The number of carbonyl (C=O) groups excluding carboxylic acids is 2. The maximum atomic E-state index is 12.9. The van der Waals surface area contributed by atoms with Crippen LogP contribution in [0.15, 0.2) is 18.2 Å². The summed E-state index contributed by atoms with van der Waals surface area (Å²) >= 11 is 6.29. The minimum Gasteiger partial charge on any atom is -0.329 e. The molecule has 0 aromatic heterocycles. The molecule has 0 spiro atoms. The van der Waals surface area contributed by atoms with Crippen molar-refractivity contribution >= 4 is 29.1 Å². The fourth-order valence-corrected chi connectivity index (χ4v) is 3.56. The van der Waals surface area contributed by atoms with Crippen molar-refractivity contribution in [2.24, 2.45) is 0 Å². The SMILES string of the molecule is CCC1C(=O)N2CCCC2C(=O)N1c1cc(C)ccc1Cl. The van der Waals surface area contributed by atoms with Crippen LogP contribution >= 0.6 is 11.6 Å². The number of piperazine rings is 1. The third kappa shape index (κ3) is 2.22. The van der Waals surface area contributed by atoms with E-state index in [1.807, 2.05) is 26.0 Å². The monoisotopic (exact) mass is 306 g/mol. The molecule has 0 N–H and O–H groups in total. The van der Waals surface area contributed by atoms with Gasteiger partial charge in [-0.25, -0.2) is 0 Å². The molecule has 0 radical (unpaired) electrons. The molecule has 2 amide bonds. The van der Waals surface area contributed by atoms with E-state index in [1.54, 1.807) is 15.9 Å².